The Morgan fingerprint density at radius 3 is 2.81 bits per heavy atom. The van der Waals surface area contributed by atoms with Gasteiger partial charge in [-0.25, -0.2) is 0 Å². The molecule has 0 saturated carbocycles. The fourth-order valence-electron chi connectivity index (χ4n) is 2.21. The summed E-state index contributed by atoms with van der Waals surface area (Å²) in [6.45, 7) is 0. The molecule has 0 aliphatic rings. The fraction of sp³-hybridized carbons (Fsp3) is 0. The molecule has 26 heavy (non-hydrogen) atoms. The van der Waals surface area contributed by atoms with E-state index in [1.54, 1.807) is 18.2 Å². The first-order valence-electron chi connectivity index (χ1n) is 7.14. The van der Waals surface area contributed by atoms with Gasteiger partial charge in [-0.15, -0.1) is 0 Å². The van der Waals surface area contributed by atoms with E-state index in [9.17, 15) is 9.59 Å². The van der Waals surface area contributed by atoms with Crippen LogP contribution in [-0.2, 0) is 0 Å². The fourth-order valence-corrected chi connectivity index (χ4v) is 3.26. The molecule has 7 nitrogen and oxygen atoms in total. The molecule has 130 valence electrons. The van der Waals surface area contributed by atoms with Gasteiger partial charge in [-0.1, -0.05) is 11.6 Å². The molecule has 0 aliphatic heterocycles. The maximum absolute atomic E-state index is 12.4. The molecule has 0 fully saturated rings. The summed E-state index contributed by atoms with van der Waals surface area (Å²) < 4.78 is 15.5. The number of carbonyl (C=O) groups excluding carboxylic acids is 1. The van der Waals surface area contributed by atoms with Crippen LogP contribution in [0.2, 0.25) is 5.02 Å². The molecule has 1 aromatic carbocycles. The zero-order chi connectivity index (χ0) is 18.3. The molecule has 0 aliphatic carbocycles. The lowest BCUT2D eigenvalue weighted by Gasteiger charge is -2.02. The minimum Gasteiger partial charge on any atom is -0.451 e. The van der Waals surface area contributed by atoms with Crippen LogP contribution in [0.1, 0.15) is 10.6 Å². The second-order valence-corrected chi connectivity index (χ2v) is 7.07. The number of hydrogen-bond donors (Lipinski definition) is 1. The van der Waals surface area contributed by atoms with Gasteiger partial charge in [0.25, 0.3) is 5.91 Å². The van der Waals surface area contributed by atoms with Crippen LogP contribution in [0, 0.1) is 0 Å². The lowest BCUT2D eigenvalue weighted by atomic mass is 10.2. The maximum atomic E-state index is 12.4. The number of nitrogens with one attached hydrogen (secondary N) is 1. The lowest BCUT2D eigenvalue weighted by molar-refractivity contribution is 0.0997. The van der Waals surface area contributed by atoms with Gasteiger partial charge in [0.05, 0.1) is 5.39 Å². The third-order valence-corrected chi connectivity index (χ3v) is 4.64. The van der Waals surface area contributed by atoms with Crippen LogP contribution in [0.3, 0.4) is 0 Å². The first-order valence-corrected chi connectivity index (χ1v) is 9.08. The van der Waals surface area contributed by atoms with Crippen molar-refractivity contribution in [2.24, 2.45) is 0 Å². The molecule has 0 spiro atoms. The van der Waals surface area contributed by atoms with E-state index in [0.717, 1.165) is 17.6 Å². The molecule has 10 heteroatoms. The Bertz CT molecular complexity index is 1200. The number of aromatic nitrogens is 2. The number of fused-ring (bicyclic) bond motifs is 1. The van der Waals surface area contributed by atoms with Gasteiger partial charge in [0.2, 0.25) is 11.0 Å². The van der Waals surface area contributed by atoms with Crippen molar-refractivity contribution >= 4 is 61.1 Å². The quantitative estimate of drug-likeness (QED) is 0.489. The number of furan rings is 1. The highest BCUT2D eigenvalue weighted by atomic mass is 79.9. The lowest BCUT2D eigenvalue weighted by Crippen LogP contribution is -2.14. The van der Waals surface area contributed by atoms with Crippen molar-refractivity contribution in [2.75, 3.05) is 5.32 Å². The average Bonchev–Trinajstić information content (AvgIpc) is 3.24. The van der Waals surface area contributed by atoms with Crippen molar-refractivity contribution in [2.45, 2.75) is 0 Å². The van der Waals surface area contributed by atoms with Crippen LogP contribution in [0.15, 0.2) is 54.7 Å². The first-order chi connectivity index (χ1) is 12.5. The van der Waals surface area contributed by atoms with Gasteiger partial charge in [0.15, 0.2) is 21.6 Å². The Balaban J connectivity index is 1.61. The number of halogens is 2. The predicted octanol–water partition coefficient (Wildman–Crippen LogP) is 4.57. The Morgan fingerprint density at radius 1 is 1.19 bits per heavy atom. The monoisotopic (exact) mass is 451 g/mol. The van der Waals surface area contributed by atoms with Gasteiger partial charge in [0.1, 0.15) is 5.58 Å². The molecule has 0 bridgehead atoms. The van der Waals surface area contributed by atoms with E-state index in [-0.39, 0.29) is 21.9 Å². The van der Waals surface area contributed by atoms with Crippen molar-refractivity contribution in [3.63, 3.8) is 0 Å². The molecule has 1 N–H and O–H groups in total. The SMILES string of the molecule is O=C(Nc1nc(-c2ccc(Br)o2)ns1)c1cc(=O)c2cc(Cl)ccc2o1. The molecular formula is C16H7BrClN3O4S. The Labute approximate surface area is 162 Å². The van der Waals surface area contributed by atoms with Crippen molar-refractivity contribution in [1.29, 1.82) is 0 Å². The molecular weight excluding hydrogens is 446 g/mol. The predicted molar refractivity (Wildman–Crippen MR) is 101 cm³/mol. The Hall–Kier alpha value is -2.49. The molecule has 0 saturated heterocycles. The molecule has 4 rings (SSSR count). The van der Waals surface area contributed by atoms with Crippen LogP contribution in [-0.4, -0.2) is 15.3 Å². The summed E-state index contributed by atoms with van der Waals surface area (Å²) in [5.74, 6) is 0.0536. The Kier molecular flexibility index (Phi) is 4.35. The molecule has 0 atom stereocenters. The summed E-state index contributed by atoms with van der Waals surface area (Å²) in [5.41, 5.74) is -0.0947. The smallest absolute Gasteiger partial charge is 0.293 e. The van der Waals surface area contributed by atoms with Gasteiger partial charge in [-0.3, -0.25) is 14.9 Å². The number of hydrogen-bond acceptors (Lipinski definition) is 7. The molecule has 4 aromatic rings. The number of anilines is 1. The molecule has 3 heterocycles. The highest BCUT2D eigenvalue weighted by Gasteiger charge is 2.16. The number of benzene rings is 1. The van der Waals surface area contributed by atoms with Crippen LogP contribution < -0.4 is 10.7 Å². The number of nitrogens with zero attached hydrogens (tertiary/aromatic N) is 2. The molecule has 0 radical (unpaired) electrons. The summed E-state index contributed by atoms with van der Waals surface area (Å²) in [7, 11) is 0. The highest BCUT2D eigenvalue weighted by Crippen LogP contribution is 2.26. The summed E-state index contributed by atoms with van der Waals surface area (Å²) in [4.78, 5) is 28.7. The minimum atomic E-state index is -0.609. The van der Waals surface area contributed by atoms with Gasteiger partial charge in [-0.05, 0) is 46.3 Å². The number of rotatable bonds is 3. The largest absolute Gasteiger partial charge is 0.451 e. The number of carbonyl (C=O) groups is 1. The summed E-state index contributed by atoms with van der Waals surface area (Å²) >= 11 is 10.1. The van der Waals surface area contributed by atoms with Crippen molar-refractivity contribution in [1.82, 2.24) is 9.36 Å². The standard InChI is InChI=1S/C16H7BrClN3O4S/c17-13-4-3-11(25-13)14-19-16(26-21-14)20-15(23)12-6-9(22)8-5-7(18)1-2-10(8)24-12/h1-6H,(H,19,20,21,23). The average molecular weight is 453 g/mol. The normalized spacial score (nSPS) is 11.0. The zero-order valence-electron chi connectivity index (χ0n) is 12.7. The molecule has 1 amide bonds. The minimum absolute atomic E-state index is 0.137. The van der Waals surface area contributed by atoms with Crippen LogP contribution in [0.5, 0.6) is 0 Å². The second kappa shape index (κ2) is 6.67. The second-order valence-electron chi connectivity index (χ2n) is 5.10. The van der Waals surface area contributed by atoms with Gasteiger partial charge < -0.3 is 8.83 Å². The third kappa shape index (κ3) is 3.28. The van der Waals surface area contributed by atoms with E-state index < -0.39 is 5.91 Å². The van der Waals surface area contributed by atoms with Crippen LogP contribution in [0.4, 0.5) is 5.13 Å². The number of amides is 1. The van der Waals surface area contributed by atoms with E-state index in [2.05, 4.69) is 30.6 Å². The molecule has 0 unspecified atom stereocenters. The third-order valence-electron chi connectivity index (χ3n) is 3.35. The van der Waals surface area contributed by atoms with E-state index in [1.807, 2.05) is 0 Å². The van der Waals surface area contributed by atoms with Crippen molar-refractivity contribution in [3.8, 4) is 11.6 Å². The van der Waals surface area contributed by atoms with Gasteiger partial charge in [0, 0.05) is 22.6 Å². The van der Waals surface area contributed by atoms with Crippen molar-refractivity contribution in [3.05, 3.63) is 62.1 Å². The summed E-state index contributed by atoms with van der Waals surface area (Å²) in [6.07, 6.45) is 0. The van der Waals surface area contributed by atoms with Crippen LogP contribution >= 0.6 is 39.1 Å². The topological polar surface area (TPSA) is 98.2 Å². The Morgan fingerprint density at radius 2 is 2.04 bits per heavy atom. The van der Waals surface area contributed by atoms with Crippen molar-refractivity contribution < 1.29 is 13.6 Å². The van der Waals surface area contributed by atoms with E-state index >= 15 is 0 Å². The van der Waals surface area contributed by atoms with E-state index in [0.29, 0.717) is 26.7 Å². The van der Waals surface area contributed by atoms with Crippen LogP contribution in [0.25, 0.3) is 22.6 Å². The zero-order valence-corrected chi connectivity index (χ0v) is 15.8. The maximum Gasteiger partial charge on any atom is 0.293 e. The summed E-state index contributed by atoms with van der Waals surface area (Å²) in [5, 5.41) is 3.51. The highest BCUT2D eigenvalue weighted by molar-refractivity contribution is 9.10. The van der Waals surface area contributed by atoms with Gasteiger partial charge >= 0.3 is 0 Å². The van der Waals surface area contributed by atoms with E-state index in [1.165, 1.54) is 12.1 Å². The molecule has 3 aromatic heterocycles. The van der Waals surface area contributed by atoms with Gasteiger partial charge in [-0.2, -0.15) is 9.36 Å². The van der Waals surface area contributed by atoms with E-state index in [4.69, 9.17) is 20.4 Å². The first kappa shape index (κ1) is 17.0. The summed E-state index contributed by atoms with van der Waals surface area (Å²) in [6, 6.07) is 9.12.